The lowest BCUT2D eigenvalue weighted by molar-refractivity contribution is 0.830. The molecule has 2 heterocycles. The number of hydrogen-bond acceptors (Lipinski definition) is 4. The SMILES string of the molecule is Brc1cncnc1Nc1ccc2c(c1)CCCN2. The van der Waals surface area contributed by atoms with Gasteiger partial charge in [-0.1, -0.05) is 0 Å². The summed E-state index contributed by atoms with van der Waals surface area (Å²) in [6, 6.07) is 6.35. The molecule has 1 aromatic heterocycles. The first-order valence-electron chi connectivity index (χ1n) is 5.92. The lowest BCUT2D eigenvalue weighted by atomic mass is 10.0. The lowest BCUT2D eigenvalue weighted by Gasteiger charge is -2.19. The van der Waals surface area contributed by atoms with Crippen LogP contribution in [0.15, 0.2) is 35.2 Å². The van der Waals surface area contributed by atoms with Crippen molar-refractivity contribution < 1.29 is 0 Å². The van der Waals surface area contributed by atoms with Crippen molar-refractivity contribution in [2.75, 3.05) is 17.2 Å². The van der Waals surface area contributed by atoms with Crippen LogP contribution in [-0.2, 0) is 6.42 Å². The molecule has 1 aliphatic rings. The second-order valence-corrected chi connectivity index (χ2v) is 5.10. The highest BCUT2D eigenvalue weighted by Gasteiger charge is 2.09. The van der Waals surface area contributed by atoms with Gasteiger partial charge in [-0.25, -0.2) is 9.97 Å². The second-order valence-electron chi connectivity index (χ2n) is 4.25. The predicted octanol–water partition coefficient (Wildman–Crippen LogP) is 3.34. The molecular formula is C13H13BrN4. The summed E-state index contributed by atoms with van der Waals surface area (Å²) in [5.41, 5.74) is 3.65. The Hall–Kier alpha value is -1.62. The van der Waals surface area contributed by atoms with E-state index in [0.29, 0.717) is 0 Å². The maximum atomic E-state index is 4.20. The molecule has 0 saturated heterocycles. The van der Waals surface area contributed by atoms with Crippen LogP contribution in [0.5, 0.6) is 0 Å². The van der Waals surface area contributed by atoms with Crippen molar-refractivity contribution in [3.05, 3.63) is 40.8 Å². The summed E-state index contributed by atoms with van der Waals surface area (Å²) < 4.78 is 0.862. The van der Waals surface area contributed by atoms with Crippen molar-refractivity contribution in [3.63, 3.8) is 0 Å². The Balaban J connectivity index is 1.87. The number of aromatic nitrogens is 2. The number of halogens is 1. The molecule has 0 unspecified atom stereocenters. The zero-order valence-corrected chi connectivity index (χ0v) is 11.4. The standard InChI is InChI=1S/C13H13BrN4/c14-11-7-15-8-17-13(11)18-10-3-4-12-9(6-10)2-1-5-16-12/h3-4,6-8,16H,1-2,5H2,(H,15,17,18). The van der Waals surface area contributed by atoms with E-state index in [4.69, 9.17) is 0 Å². The summed E-state index contributed by atoms with van der Waals surface area (Å²) in [5.74, 6) is 0.786. The van der Waals surface area contributed by atoms with E-state index >= 15 is 0 Å². The summed E-state index contributed by atoms with van der Waals surface area (Å²) in [6.07, 6.45) is 5.58. The van der Waals surface area contributed by atoms with Crippen molar-refractivity contribution in [1.29, 1.82) is 0 Å². The third-order valence-electron chi connectivity index (χ3n) is 2.97. The smallest absolute Gasteiger partial charge is 0.148 e. The molecule has 0 radical (unpaired) electrons. The van der Waals surface area contributed by atoms with E-state index in [9.17, 15) is 0 Å². The Labute approximate surface area is 114 Å². The fraction of sp³-hybridized carbons (Fsp3) is 0.231. The minimum Gasteiger partial charge on any atom is -0.385 e. The summed E-state index contributed by atoms with van der Waals surface area (Å²) in [4.78, 5) is 8.15. The zero-order valence-electron chi connectivity index (χ0n) is 9.78. The molecule has 1 aromatic carbocycles. The van der Waals surface area contributed by atoms with Gasteiger partial charge in [0.15, 0.2) is 0 Å². The Bertz CT molecular complexity index is 571. The Morgan fingerprint density at radius 2 is 2.28 bits per heavy atom. The molecule has 2 aromatic rings. The molecule has 4 nitrogen and oxygen atoms in total. The van der Waals surface area contributed by atoms with E-state index in [0.717, 1.165) is 28.9 Å². The van der Waals surface area contributed by atoms with Crippen LogP contribution in [0.2, 0.25) is 0 Å². The normalized spacial score (nSPS) is 13.6. The third kappa shape index (κ3) is 2.31. The van der Waals surface area contributed by atoms with Crippen LogP contribution < -0.4 is 10.6 Å². The van der Waals surface area contributed by atoms with Gasteiger partial charge in [0.25, 0.3) is 0 Å². The average Bonchev–Trinajstić information content (AvgIpc) is 2.41. The molecule has 92 valence electrons. The van der Waals surface area contributed by atoms with E-state index in [-0.39, 0.29) is 0 Å². The highest BCUT2D eigenvalue weighted by Crippen LogP contribution is 2.28. The highest BCUT2D eigenvalue weighted by atomic mass is 79.9. The van der Waals surface area contributed by atoms with Gasteiger partial charge in [0.05, 0.1) is 4.47 Å². The second kappa shape index (κ2) is 4.94. The summed E-state index contributed by atoms with van der Waals surface area (Å²) in [7, 11) is 0. The van der Waals surface area contributed by atoms with Crippen LogP contribution in [0, 0.1) is 0 Å². The van der Waals surface area contributed by atoms with E-state index in [1.54, 1.807) is 6.20 Å². The number of fused-ring (bicyclic) bond motifs is 1. The highest BCUT2D eigenvalue weighted by molar-refractivity contribution is 9.10. The molecule has 1 aliphatic heterocycles. The fourth-order valence-corrected chi connectivity index (χ4v) is 2.41. The van der Waals surface area contributed by atoms with Crippen molar-refractivity contribution in [3.8, 4) is 0 Å². The number of nitrogens with one attached hydrogen (secondary N) is 2. The van der Waals surface area contributed by atoms with Gasteiger partial charge in [0.2, 0.25) is 0 Å². The molecule has 0 amide bonds. The summed E-state index contributed by atoms with van der Waals surface area (Å²) >= 11 is 3.43. The van der Waals surface area contributed by atoms with E-state index in [1.807, 2.05) is 0 Å². The molecule has 0 saturated carbocycles. The number of rotatable bonds is 2. The van der Waals surface area contributed by atoms with Gasteiger partial charge in [0.1, 0.15) is 12.1 Å². The topological polar surface area (TPSA) is 49.8 Å². The van der Waals surface area contributed by atoms with Crippen molar-refractivity contribution in [1.82, 2.24) is 9.97 Å². The summed E-state index contributed by atoms with van der Waals surface area (Å²) in [6.45, 7) is 1.07. The number of nitrogens with zero attached hydrogens (tertiary/aromatic N) is 2. The molecule has 0 spiro atoms. The third-order valence-corrected chi connectivity index (χ3v) is 3.55. The molecule has 2 N–H and O–H groups in total. The van der Waals surface area contributed by atoms with Gasteiger partial charge in [-0.2, -0.15) is 0 Å². The van der Waals surface area contributed by atoms with Gasteiger partial charge in [-0.05, 0) is 52.5 Å². The van der Waals surface area contributed by atoms with Crippen LogP contribution in [0.25, 0.3) is 0 Å². The van der Waals surface area contributed by atoms with Crippen LogP contribution in [0.1, 0.15) is 12.0 Å². The fourth-order valence-electron chi connectivity index (χ4n) is 2.09. The van der Waals surface area contributed by atoms with E-state index in [1.165, 1.54) is 24.0 Å². The van der Waals surface area contributed by atoms with Crippen LogP contribution in [0.3, 0.4) is 0 Å². The van der Waals surface area contributed by atoms with Crippen molar-refractivity contribution in [2.45, 2.75) is 12.8 Å². The Kier molecular flexibility index (Phi) is 3.15. The largest absolute Gasteiger partial charge is 0.385 e. The van der Waals surface area contributed by atoms with Crippen molar-refractivity contribution >= 4 is 33.1 Å². The first-order valence-corrected chi connectivity index (χ1v) is 6.71. The monoisotopic (exact) mass is 304 g/mol. The molecule has 0 atom stereocenters. The van der Waals surface area contributed by atoms with Crippen LogP contribution in [0.4, 0.5) is 17.2 Å². The average molecular weight is 305 g/mol. The first kappa shape index (κ1) is 11.5. The number of hydrogen-bond donors (Lipinski definition) is 2. The minimum atomic E-state index is 0.786. The number of anilines is 3. The minimum absolute atomic E-state index is 0.786. The molecule has 5 heteroatoms. The number of benzene rings is 1. The first-order chi connectivity index (χ1) is 8.83. The van der Waals surface area contributed by atoms with Crippen LogP contribution in [-0.4, -0.2) is 16.5 Å². The van der Waals surface area contributed by atoms with Crippen LogP contribution >= 0.6 is 15.9 Å². The molecule has 3 rings (SSSR count). The summed E-state index contributed by atoms with van der Waals surface area (Å²) in [5, 5.41) is 6.70. The van der Waals surface area contributed by atoms with Crippen molar-refractivity contribution in [2.24, 2.45) is 0 Å². The lowest BCUT2D eigenvalue weighted by Crippen LogP contribution is -2.11. The molecule has 18 heavy (non-hydrogen) atoms. The maximum absolute atomic E-state index is 4.20. The number of aryl methyl sites for hydroxylation is 1. The zero-order chi connectivity index (χ0) is 12.4. The molecular weight excluding hydrogens is 292 g/mol. The van der Waals surface area contributed by atoms with Gasteiger partial charge in [0, 0.05) is 24.1 Å². The van der Waals surface area contributed by atoms with E-state index < -0.39 is 0 Å². The molecule has 0 fully saturated rings. The maximum Gasteiger partial charge on any atom is 0.148 e. The molecule has 0 bridgehead atoms. The predicted molar refractivity (Wildman–Crippen MR) is 76.3 cm³/mol. The van der Waals surface area contributed by atoms with Gasteiger partial charge < -0.3 is 10.6 Å². The Morgan fingerprint density at radius 1 is 1.33 bits per heavy atom. The molecule has 0 aliphatic carbocycles. The van der Waals surface area contributed by atoms with Gasteiger partial charge in [-0.3, -0.25) is 0 Å². The Morgan fingerprint density at radius 3 is 3.17 bits per heavy atom. The quantitative estimate of drug-likeness (QED) is 0.893. The van der Waals surface area contributed by atoms with E-state index in [2.05, 4.69) is 54.7 Å². The van der Waals surface area contributed by atoms with Gasteiger partial charge >= 0.3 is 0 Å². The van der Waals surface area contributed by atoms with Gasteiger partial charge in [-0.15, -0.1) is 0 Å².